The molecule has 3 N–H and O–H groups in total. The van der Waals surface area contributed by atoms with Crippen molar-refractivity contribution in [2.45, 2.75) is 26.4 Å². The fourth-order valence-corrected chi connectivity index (χ4v) is 1.87. The molecule has 1 unspecified atom stereocenters. The van der Waals surface area contributed by atoms with Crippen LogP contribution in [-0.2, 0) is 6.54 Å². The Balaban J connectivity index is 2.00. The molecule has 1 heterocycles. The molecule has 4 nitrogen and oxygen atoms in total. The topological polar surface area (TPSA) is 55.9 Å². The minimum Gasteiger partial charge on any atom is -0.399 e. The summed E-state index contributed by atoms with van der Waals surface area (Å²) < 4.78 is 2.06. The quantitative estimate of drug-likeness (QED) is 0.792. The van der Waals surface area contributed by atoms with Crippen molar-refractivity contribution < 1.29 is 0 Å². The first kappa shape index (κ1) is 11.5. The second-order valence-electron chi connectivity index (χ2n) is 4.38. The van der Waals surface area contributed by atoms with Crippen molar-refractivity contribution in [2.24, 2.45) is 0 Å². The number of anilines is 2. The molecular formula is C13H18N4. The highest BCUT2D eigenvalue weighted by molar-refractivity contribution is 5.57. The third kappa shape index (κ3) is 3.00. The number of hydrogen-bond donors (Lipinski definition) is 2. The summed E-state index contributed by atoms with van der Waals surface area (Å²) in [7, 11) is 0. The zero-order valence-corrected chi connectivity index (χ0v) is 10.2. The number of nitrogens with zero attached hydrogens (tertiary/aromatic N) is 2. The van der Waals surface area contributed by atoms with E-state index in [1.807, 2.05) is 30.7 Å². The number of rotatable bonds is 4. The van der Waals surface area contributed by atoms with Crippen molar-refractivity contribution in [3.8, 4) is 0 Å². The molecule has 0 saturated heterocycles. The summed E-state index contributed by atoms with van der Waals surface area (Å²) in [6.45, 7) is 5.10. The highest BCUT2D eigenvalue weighted by atomic mass is 15.1. The van der Waals surface area contributed by atoms with E-state index in [2.05, 4.69) is 28.7 Å². The lowest BCUT2D eigenvalue weighted by Crippen LogP contribution is -2.21. The maximum Gasteiger partial charge on any atom is 0.0946 e. The van der Waals surface area contributed by atoms with Crippen molar-refractivity contribution in [1.29, 1.82) is 0 Å². The van der Waals surface area contributed by atoms with Gasteiger partial charge >= 0.3 is 0 Å². The molecule has 0 bridgehead atoms. The Hall–Kier alpha value is -1.97. The first-order valence-corrected chi connectivity index (χ1v) is 5.73. The number of nitrogens with one attached hydrogen (secondary N) is 1. The average molecular weight is 230 g/mol. The lowest BCUT2D eigenvalue weighted by Gasteiger charge is -2.17. The largest absolute Gasteiger partial charge is 0.399 e. The Labute approximate surface area is 101 Å². The minimum absolute atomic E-state index is 0.339. The molecule has 2 aromatic rings. The first-order chi connectivity index (χ1) is 8.15. The molecule has 90 valence electrons. The summed E-state index contributed by atoms with van der Waals surface area (Å²) in [5.74, 6) is 0. The lowest BCUT2D eigenvalue weighted by atomic mass is 10.1. The predicted octanol–water partition coefficient (Wildman–Crippen LogP) is 2.27. The van der Waals surface area contributed by atoms with Gasteiger partial charge in [0.25, 0.3) is 0 Å². The number of nitrogen functional groups attached to an aromatic ring is 1. The van der Waals surface area contributed by atoms with Crippen LogP contribution in [0.2, 0.25) is 0 Å². The second-order valence-corrected chi connectivity index (χ2v) is 4.38. The molecule has 0 aliphatic rings. The van der Waals surface area contributed by atoms with Crippen LogP contribution in [-0.4, -0.2) is 15.6 Å². The summed E-state index contributed by atoms with van der Waals surface area (Å²) in [5, 5.41) is 3.47. The molecule has 0 radical (unpaired) electrons. The Kier molecular flexibility index (Phi) is 3.32. The van der Waals surface area contributed by atoms with Crippen molar-refractivity contribution >= 4 is 11.4 Å². The smallest absolute Gasteiger partial charge is 0.0946 e. The van der Waals surface area contributed by atoms with Gasteiger partial charge in [-0.25, -0.2) is 4.98 Å². The number of nitrogens with two attached hydrogens (primary N) is 1. The van der Waals surface area contributed by atoms with Gasteiger partial charge in [0.2, 0.25) is 0 Å². The van der Waals surface area contributed by atoms with Gasteiger partial charge in [-0.1, -0.05) is 0 Å². The van der Waals surface area contributed by atoms with Gasteiger partial charge in [-0.3, -0.25) is 0 Å². The van der Waals surface area contributed by atoms with Gasteiger partial charge in [0, 0.05) is 36.4 Å². The van der Waals surface area contributed by atoms with Crippen LogP contribution >= 0.6 is 0 Å². The van der Waals surface area contributed by atoms with Crippen molar-refractivity contribution in [3.05, 3.63) is 42.5 Å². The van der Waals surface area contributed by atoms with E-state index in [0.717, 1.165) is 17.9 Å². The maximum atomic E-state index is 5.73. The second kappa shape index (κ2) is 4.91. The van der Waals surface area contributed by atoms with Crippen LogP contribution in [0.5, 0.6) is 0 Å². The van der Waals surface area contributed by atoms with Crippen LogP contribution in [0.3, 0.4) is 0 Å². The highest BCUT2D eigenvalue weighted by Gasteiger charge is 2.05. The zero-order valence-electron chi connectivity index (χ0n) is 10.2. The normalized spacial score (nSPS) is 12.4. The summed E-state index contributed by atoms with van der Waals surface area (Å²) in [4.78, 5) is 4.03. The van der Waals surface area contributed by atoms with Gasteiger partial charge < -0.3 is 15.6 Å². The van der Waals surface area contributed by atoms with Crippen LogP contribution < -0.4 is 11.1 Å². The van der Waals surface area contributed by atoms with Gasteiger partial charge in [-0.2, -0.15) is 0 Å². The zero-order chi connectivity index (χ0) is 12.3. The van der Waals surface area contributed by atoms with Crippen LogP contribution in [0.25, 0.3) is 0 Å². The molecule has 1 aromatic heterocycles. The SMILES string of the molecule is Cc1cc(N)ccc1NC(C)Cn1ccnc1. The van der Waals surface area contributed by atoms with E-state index in [1.54, 1.807) is 6.20 Å². The van der Waals surface area contributed by atoms with Crippen molar-refractivity contribution in [1.82, 2.24) is 9.55 Å². The molecule has 17 heavy (non-hydrogen) atoms. The molecule has 0 aliphatic carbocycles. The van der Waals surface area contributed by atoms with E-state index in [9.17, 15) is 0 Å². The standard InChI is InChI=1S/C13H18N4/c1-10-7-12(14)3-4-13(10)16-11(2)8-17-6-5-15-9-17/h3-7,9,11,16H,8,14H2,1-2H3. The van der Waals surface area contributed by atoms with Crippen LogP contribution in [0.15, 0.2) is 36.9 Å². The van der Waals surface area contributed by atoms with Gasteiger partial charge in [-0.15, -0.1) is 0 Å². The predicted molar refractivity (Wildman–Crippen MR) is 70.9 cm³/mol. The number of benzene rings is 1. The molecule has 4 heteroatoms. The average Bonchev–Trinajstić information content (AvgIpc) is 2.75. The van der Waals surface area contributed by atoms with E-state index >= 15 is 0 Å². The number of hydrogen-bond acceptors (Lipinski definition) is 3. The molecule has 0 aliphatic heterocycles. The molecule has 0 saturated carbocycles. The Morgan fingerprint density at radius 3 is 2.94 bits per heavy atom. The van der Waals surface area contributed by atoms with Gasteiger partial charge in [0.15, 0.2) is 0 Å². The third-order valence-corrected chi connectivity index (χ3v) is 2.70. The van der Waals surface area contributed by atoms with E-state index in [4.69, 9.17) is 5.73 Å². The number of aromatic nitrogens is 2. The summed E-state index contributed by atoms with van der Waals surface area (Å²) in [6.07, 6.45) is 5.59. The molecule has 0 amide bonds. The molecule has 1 aromatic carbocycles. The number of aryl methyl sites for hydroxylation is 1. The van der Waals surface area contributed by atoms with Crippen LogP contribution in [0.1, 0.15) is 12.5 Å². The van der Waals surface area contributed by atoms with E-state index < -0.39 is 0 Å². The first-order valence-electron chi connectivity index (χ1n) is 5.73. The van der Waals surface area contributed by atoms with E-state index in [0.29, 0.717) is 6.04 Å². The van der Waals surface area contributed by atoms with E-state index in [-0.39, 0.29) is 0 Å². The Morgan fingerprint density at radius 1 is 1.47 bits per heavy atom. The fourth-order valence-electron chi connectivity index (χ4n) is 1.87. The molecule has 1 atom stereocenters. The summed E-state index contributed by atoms with van der Waals surface area (Å²) >= 11 is 0. The highest BCUT2D eigenvalue weighted by Crippen LogP contribution is 2.18. The Morgan fingerprint density at radius 2 is 2.29 bits per heavy atom. The van der Waals surface area contributed by atoms with Crippen molar-refractivity contribution in [3.63, 3.8) is 0 Å². The minimum atomic E-state index is 0.339. The van der Waals surface area contributed by atoms with Gasteiger partial charge in [0.1, 0.15) is 0 Å². The maximum absolute atomic E-state index is 5.73. The van der Waals surface area contributed by atoms with Gasteiger partial charge in [-0.05, 0) is 37.6 Å². The van der Waals surface area contributed by atoms with Crippen molar-refractivity contribution in [2.75, 3.05) is 11.1 Å². The molecule has 0 fully saturated rings. The van der Waals surface area contributed by atoms with Crippen LogP contribution in [0.4, 0.5) is 11.4 Å². The number of imidazole rings is 1. The summed E-state index contributed by atoms with van der Waals surface area (Å²) in [6, 6.07) is 6.26. The molecule has 2 rings (SSSR count). The molecule has 0 spiro atoms. The summed E-state index contributed by atoms with van der Waals surface area (Å²) in [5.41, 5.74) is 8.83. The third-order valence-electron chi connectivity index (χ3n) is 2.70. The van der Waals surface area contributed by atoms with Gasteiger partial charge in [0.05, 0.1) is 6.33 Å². The lowest BCUT2D eigenvalue weighted by molar-refractivity contribution is 0.618. The Bertz CT molecular complexity index is 476. The monoisotopic (exact) mass is 230 g/mol. The fraction of sp³-hybridized carbons (Fsp3) is 0.308. The van der Waals surface area contributed by atoms with Crippen LogP contribution in [0, 0.1) is 6.92 Å². The molecular weight excluding hydrogens is 212 g/mol. The van der Waals surface area contributed by atoms with E-state index in [1.165, 1.54) is 5.56 Å².